The molecule has 1 aromatic heterocycles. The Morgan fingerprint density at radius 2 is 2.23 bits per heavy atom. The largest absolute Gasteiger partial charge is 0.376 e. The minimum Gasteiger partial charge on any atom is -0.376 e. The van der Waals surface area contributed by atoms with Gasteiger partial charge >= 0.3 is 0 Å². The topological polar surface area (TPSA) is 68.5 Å². The molecule has 3 rings (SSSR count). The van der Waals surface area contributed by atoms with Crippen molar-refractivity contribution < 1.29 is 9.66 Å². The van der Waals surface area contributed by atoms with E-state index in [4.69, 9.17) is 4.74 Å². The summed E-state index contributed by atoms with van der Waals surface area (Å²) in [4.78, 5) is 17.0. The molecule has 22 heavy (non-hydrogen) atoms. The van der Waals surface area contributed by atoms with Crippen LogP contribution in [-0.2, 0) is 4.74 Å². The number of hydrogen-bond donors (Lipinski definition) is 0. The van der Waals surface area contributed by atoms with Crippen LogP contribution in [0.4, 0.5) is 10.8 Å². The number of rotatable bonds is 5. The fourth-order valence-electron chi connectivity index (χ4n) is 2.50. The molecule has 2 aromatic rings. The maximum Gasteiger partial charge on any atom is 0.269 e. The lowest BCUT2D eigenvalue weighted by Crippen LogP contribution is -2.28. The standard InChI is InChI=1S/C15H17N3O3S/c1-17(9-13-3-2-8-21-13)15-16-14(10-22-15)11-4-6-12(7-5-11)18(19)20/h4-7,10,13H,2-3,8-9H2,1H3/t13-/m0/s1. The lowest BCUT2D eigenvalue weighted by molar-refractivity contribution is -0.384. The molecule has 1 saturated heterocycles. The summed E-state index contributed by atoms with van der Waals surface area (Å²) < 4.78 is 5.64. The minimum absolute atomic E-state index is 0.0923. The van der Waals surface area contributed by atoms with Crippen LogP contribution in [0.1, 0.15) is 12.8 Å². The highest BCUT2D eigenvalue weighted by molar-refractivity contribution is 7.14. The van der Waals surface area contributed by atoms with Crippen molar-refractivity contribution in [3.8, 4) is 11.3 Å². The Kier molecular flexibility index (Phi) is 4.35. The van der Waals surface area contributed by atoms with Gasteiger partial charge in [0.05, 0.1) is 16.7 Å². The van der Waals surface area contributed by atoms with Crippen LogP contribution >= 0.6 is 11.3 Å². The number of hydrogen-bond acceptors (Lipinski definition) is 6. The van der Waals surface area contributed by atoms with Crippen molar-refractivity contribution in [3.05, 3.63) is 39.8 Å². The van der Waals surface area contributed by atoms with Gasteiger partial charge in [-0.15, -0.1) is 11.3 Å². The van der Waals surface area contributed by atoms with Crippen LogP contribution in [-0.4, -0.2) is 36.2 Å². The van der Waals surface area contributed by atoms with Crippen molar-refractivity contribution >= 4 is 22.2 Å². The zero-order valence-corrected chi connectivity index (χ0v) is 13.1. The number of thiazole rings is 1. The fraction of sp³-hybridized carbons (Fsp3) is 0.400. The Hall–Kier alpha value is -1.99. The number of likely N-dealkylation sites (N-methyl/N-ethyl adjacent to an activating group) is 1. The van der Waals surface area contributed by atoms with Crippen LogP contribution in [0.15, 0.2) is 29.6 Å². The molecule has 0 bridgehead atoms. The quantitative estimate of drug-likeness (QED) is 0.624. The number of benzene rings is 1. The van der Waals surface area contributed by atoms with Crippen molar-refractivity contribution in [1.29, 1.82) is 0 Å². The number of aromatic nitrogens is 1. The molecule has 0 N–H and O–H groups in total. The van der Waals surface area contributed by atoms with E-state index in [1.165, 1.54) is 12.1 Å². The Morgan fingerprint density at radius 3 is 2.86 bits per heavy atom. The summed E-state index contributed by atoms with van der Waals surface area (Å²) in [6.07, 6.45) is 2.52. The van der Waals surface area contributed by atoms with Gasteiger partial charge in [0.2, 0.25) is 0 Å². The number of nitrogens with zero attached hydrogens (tertiary/aromatic N) is 3. The predicted molar refractivity (Wildman–Crippen MR) is 86.4 cm³/mol. The van der Waals surface area contributed by atoms with E-state index in [-0.39, 0.29) is 11.8 Å². The van der Waals surface area contributed by atoms with Crippen LogP contribution in [0.25, 0.3) is 11.3 Å². The van der Waals surface area contributed by atoms with Gasteiger partial charge in [-0.25, -0.2) is 4.98 Å². The summed E-state index contributed by atoms with van der Waals surface area (Å²) in [6, 6.07) is 6.48. The summed E-state index contributed by atoms with van der Waals surface area (Å²) in [6.45, 7) is 1.69. The van der Waals surface area contributed by atoms with Crippen LogP contribution in [0.2, 0.25) is 0 Å². The smallest absolute Gasteiger partial charge is 0.269 e. The molecular weight excluding hydrogens is 302 g/mol. The Labute approximate surface area is 132 Å². The average Bonchev–Trinajstić information content (AvgIpc) is 3.18. The van der Waals surface area contributed by atoms with Crippen molar-refractivity contribution in [2.24, 2.45) is 0 Å². The van der Waals surface area contributed by atoms with Crippen molar-refractivity contribution in [2.45, 2.75) is 18.9 Å². The first-order chi connectivity index (χ1) is 10.6. The summed E-state index contributed by atoms with van der Waals surface area (Å²) >= 11 is 1.57. The first-order valence-electron chi connectivity index (χ1n) is 7.16. The molecule has 0 aliphatic carbocycles. The Morgan fingerprint density at radius 1 is 1.45 bits per heavy atom. The summed E-state index contributed by atoms with van der Waals surface area (Å²) in [5.41, 5.74) is 1.82. The molecule has 0 unspecified atom stereocenters. The molecule has 0 amide bonds. The van der Waals surface area contributed by atoms with Crippen LogP contribution in [0, 0.1) is 10.1 Å². The molecular formula is C15H17N3O3S. The third kappa shape index (κ3) is 3.26. The maximum atomic E-state index is 10.7. The lowest BCUT2D eigenvalue weighted by atomic mass is 10.1. The first-order valence-corrected chi connectivity index (χ1v) is 8.04. The number of anilines is 1. The minimum atomic E-state index is -0.397. The molecule has 1 atom stereocenters. The second-order valence-electron chi connectivity index (χ2n) is 5.33. The van der Waals surface area contributed by atoms with Crippen LogP contribution in [0.5, 0.6) is 0 Å². The Bertz CT molecular complexity index is 650. The van der Waals surface area contributed by atoms with Gasteiger partial charge < -0.3 is 9.64 Å². The molecule has 116 valence electrons. The van der Waals surface area contributed by atoms with Crippen LogP contribution < -0.4 is 4.90 Å². The monoisotopic (exact) mass is 319 g/mol. The number of ether oxygens (including phenoxy) is 1. The van der Waals surface area contributed by atoms with Gasteiger partial charge in [0.25, 0.3) is 5.69 Å². The zero-order valence-electron chi connectivity index (χ0n) is 12.3. The SMILES string of the molecule is CN(C[C@@H]1CCCO1)c1nc(-c2ccc([N+](=O)[O-])cc2)cs1. The molecule has 0 radical (unpaired) electrons. The molecule has 7 heteroatoms. The first kappa shape index (κ1) is 14.9. The third-order valence-electron chi connectivity index (χ3n) is 3.69. The second-order valence-corrected chi connectivity index (χ2v) is 6.17. The molecule has 1 fully saturated rings. The van der Waals surface area contributed by atoms with E-state index < -0.39 is 4.92 Å². The maximum absolute atomic E-state index is 10.7. The molecule has 6 nitrogen and oxygen atoms in total. The van der Waals surface area contributed by atoms with E-state index in [1.807, 2.05) is 12.4 Å². The summed E-state index contributed by atoms with van der Waals surface area (Å²) in [5.74, 6) is 0. The van der Waals surface area contributed by atoms with Crippen LogP contribution in [0.3, 0.4) is 0 Å². The second kappa shape index (κ2) is 6.41. The van der Waals surface area contributed by atoms with Gasteiger partial charge in [-0.3, -0.25) is 10.1 Å². The fourth-order valence-corrected chi connectivity index (χ4v) is 3.31. The van der Waals surface area contributed by atoms with E-state index in [1.54, 1.807) is 23.5 Å². The van der Waals surface area contributed by atoms with E-state index in [9.17, 15) is 10.1 Å². The van der Waals surface area contributed by atoms with Gasteiger partial charge in [0, 0.05) is 43.3 Å². The highest BCUT2D eigenvalue weighted by Crippen LogP contribution is 2.28. The highest BCUT2D eigenvalue weighted by Gasteiger charge is 2.19. The van der Waals surface area contributed by atoms with E-state index in [0.29, 0.717) is 0 Å². The van der Waals surface area contributed by atoms with E-state index in [2.05, 4.69) is 9.88 Å². The third-order valence-corrected chi connectivity index (χ3v) is 4.65. The average molecular weight is 319 g/mol. The predicted octanol–water partition coefficient (Wildman–Crippen LogP) is 3.33. The van der Waals surface area contributed by atoms with Gasteiger partial charge in [0.1, 0.15) is 0 Å². The molecule has 0 spiro atoms. The number of nitro groups is 1. The van der Waals surface area contributed by atoms with E-state index >= 15 is 0 Å². The van der Waals surface area contributed by atoms with Gasteiger partial charge in [-0.1, -0.05) is 0 Å². The molecule has 0 saturated carbocycles. The van der Waals surface area contributed by atoms with Crippen molar-refractivity contribution in [1.82, 2.24) is 4.98 Å². The molecule has 1 aliphatic rings. The van der Waals surface area contributed by atoms with Gasteiger partial charge in [0.15, 0.2) is 5.13 Å². The molecule has 2 heterocycles. The normalized spacial score (nSPS) is 17.6. The van der Waals surface area contributed by atoms with Gasteiger partial charge in [-0.05, 0) is 25.0 Å². The lowest BCUT2D eigenvalue weighted by Gasteiger charge is -2.19. The molecule has 1 aromatic carbocycles. The number of non-ortho nitro benzene ring substituents is 1. The Balaban J connectivity index is 1.70. The van der Waals surface area contributed by atoms with Gasteiger partial charge in [-0.2, -0.15) is 0 Å². The van der Waals surface area contributed by atoms with Crippen molar-refractivity contribution in [2.75, 3.05) is 25.1 Å². The number of nitro benzene ring substituents is 1. The zero-order chi connectivity index (χ0) is 15.5. The van der Waals surface area contributed by atoms with Crippen molar-refractivity contribution in [3.63, 3.8) is 0 Å². The summed E-state index contributed by atoms with van der Waals surface area (Å²) in [7, 11) is 2.01. The van der Waals surface area contributed by atoms with E-state index in [0.717, 1.165) is 42.4 Å². The molecule has 1 aliphatic heterocycles. The highest BCUT2D eigenvalue weighted by atomic mass is 32.1. The summed E-state index contributed by atoms with van der Waals surface area (Å²) in [5, 5.41) is 13.6.